The zero-order chi connectivity index (χ0) is 17.8. The van der Waals surface area contributed by atoms with Gasteiger partial charge in [0.05, 0.1) is 24.9 Å². The number of benzene rings is 1. The van der Waals surface area contributed by atoms with Gasteiger partial charge in [0.15, 0.2) is 6.61 Å². The second-order valence-corrected chi connectivity index (χ2v) is 6.75. The van der Waals surface area contributed by atoms with Gasteiger partial charge >= 0.3 is 0 Å². The third-order valence-corrected chi connectivity index (χ3v) is 4.42. The summed E-state index contributed by atoms with van der Waals surface area (Å²) >= 11 is 5.92. The minimum Gasteiger partial charge on any atom is -0.484 e. The monoisotopic (exact) mass is 364 g/mol. The second-order valence-electron chi connectivity index (χ2n) is 6.31. The summed E-state index contributed by atoms with van der Waals surface area (Å²) in [4.78, 5) is 12.2. The largest absolute Gasteiger partial charge is 0.484 e. The van der Waals surface area contributed by atoms with Crippen molar-refractivity contribution >= 4 is 17.5 Å². The molecule has 134 valence electrons. The van der Waals surface area contributed by atoms with E-state index in [0.717, 1.165) is 17.0 Å². The number of hydrogen-bond donors (Lipinski definition) is 1. The zero-order valence-electron chi connectivity index (χ0n) is 14.3. The highest BCUT2D eigenvalue weighted by Crippen LogP contribution is 2.22. The molecule has 1 aliphatic heterocycles. The number of aromatic nitrogens is 1. The number of carbonyl (C=O) groups is 1. The summed E-state index contributed by atoms with van der Waals surface area (Å²) in [5.41, 5.74) is 1.74. The number of halogens is 1. The molecule has 3 rings (SSSR count). The van der Waals surface area contributed by atoms with Crippen LogP contribution in [0.4, 0.5) is 0 Å². The van der Waals surface area contributed by atoms with Crippen molar-refractivity contribution < 1.29 is 18.8 Å². The molecule has 1 aromatic carbocycles. The van der Waals surface area contributed by atoms with Crippen LogP contribution in [0.25, 0.3) is 0 Å². The highest BCUT2D eigenvalue weighted by atomic mass is 35.5. The molecule has 0 aliphatic carbocycles. The Labute approximate surface area is 151 Å². The van der Waals surface area contributed by atoms with Crippen molar-refractivity contribution in [3.63, 3.8) is 0 Å². The molecule has 1 amide bonds. The van der Waals surface area contributed by atoms with E-state index in [2.05, 4.69) is 10.5 Å². The van der Waals surface area contributed by atoms with E-state index in [1.165, 1.54) is 0 Å². The summed E-state index contributed by atoms with van der Waals surface area (Å²) in [5.74, 6) is 1.44. The van der Waals surface area contributed by atoms with Crippen LogP contribution in [-0.4, -0.2) is 36.9 Å². The predicted octanol–water partition coefficient (Wildman–Crippen LogP) is 2.70. The van der Waals surface area contributed by atoms with Crippen molar-refractivity contribution in [3.8, 4) is 5.75 Å². The number of rotatable bonds is 6. The molecule has 2 atom stereocenters. The first-order chi connectivity index (χ1) is 12.0. The van der Waals surface area contributed by atoms with E-state index in [-0.39, 0.29) is 24.5 Å². The van der Waals surface area contributed by atoms with Crippen LogP contribution in [0.3, 0.4) is 0 Å². The minimum absolute atomic E-state index is 0.0485. The Morgan fingerprint density at radius 2 is 2.20 bits per heavy atom. The first kappa shape index (κ1) is 17.8. The van der Waals surface area contributed by atoms with Gasteiger partial charge in [0.1, 0.15) is 11.5 Å². The molecule has 0 bridgehead atoms. The normalized spacial score (nSPS) is 19.8. The van der Waals surface area contributed by atoms with E-state index < -0.39 is 0 Å². The molecule has 2 aromatic rings. The van der Waals surface area contributed by atoms with Gasteiger partial charge in [0, 0.05) is 23.4 Å². The SMILES string of the molecule is Cc1cc(C[C@H]2COC[C@H]2NC(=O)COc2ccc(Cl)cc2C)on1. The summed E-state index contributed by atoms with van der Waals surface area (Å²) in [6.07, 6.45) is 0.683. The standard InChI is InChI=1S/C18H21ClN2O4/c1-11-5-14(19)3-4-17(11)24-10-18(22)20-16-9-23-8-13(16)7-15-6-12(2)21-25-15/h3-6,13,16H,7-10H2,1-2H3,(H,20,22)/t13-,16+/m0/s1. The van der Waals surface area contributed by atoms with Gasteiger partial charge in [-0.25, -0.2) is 0 Å². The quantitative estimate of drug-likeness (QED) is 0.853. The molecule has 0 unspecified atom stereocenters. The molecule has 0 radical (unpaired) electrons. The Balaban J connectivity index is 1.51. The van der Waals surface area contributed by atoms with E-state index in [9.17, 15) is 4.79 Å². The predicted molar refractivity (Wildman–Crippen MR) is 92.9 cm³/mol. The van der Waals surface area contributed by atoms with Crippen LogP contribution >= 0.6 is 11.6 Å². The first-order valence-corrected chi connectivity index (χ1v) is 8.57. The van der Waals surface area contributed by atoms with Crippen LogP contribution in [0.15, 0.2) is 28.8 Å². The van der Waals surface area contributed by atoms with E-state index >= 15 is 0 Å². The van der Waals surface area contributed by atoms with E-state index in [1.54, 1.807) is 18.2 Å². The van der Waals surface area contributed by atoms with Crippen molar-refractivity contribution in [1.29, 1.82) is 0 Å². The van der Waals surface area contributed by atoms with E-state index in [1.807, 2.05) is 19.9 Å². The second kappa shape index (κ2) is 7.89. The summed E-state index contributed by atoms with van der Waals surface area (Å²) in [6.45, 7) is 4.80. The number of hydrogen-bond acceptors (Lipinski definition) is 5. The molecule has 1 saturated heterocycles. The van der Waals surface area contributed by atoms with Gasteiger partial charge in [-0.1, -0.05) is 16.8 Å². The van der Waals surface area contributed by atoms with Crippen LogP contribution in [0, 0.1) is 19.8 Å². The molecule has 1 N–H and O–H groups in total. The minimum atomic E-state index is -0.177. The molecule has 1 aliphatic rings. The van der Waals surface area contributed by atoms with Crippen molar-refractivity contribution in [2.24, 2.45) is 5.92 Å². The van der Waals surface area contributed by atoms with Gasteiger partial charge in [-0.15, -0.1) is 0 Å². The Bertz CT molecular complexity index is 746. The number of carbonyl (C=O) groups excluding carboxylic acids is 1. The first-order valence-electron chi connectivity index (χ1n) is 8.19. The number of nitrogens with zero attached hydrogens (tertiary/aromatic N) is 1. The van der Waals surface area contributed by atoms with Crippen molar-refractivity contribution in [1.82, 2.24) is 10.5 Å². The Hall–Kier alpha value is -2.05. The average molecular weight is 365 g/mol. The molecule has 2 heterocycles. The topological polar surface area (TPSA) is 73.6 Å². The van der Waals surface area contributed by atoms with Crippen LogP contribution in [0.1, 0.15) is 17.0 Å². The van der Waals surface area contributed by atoms with Crippen molar-refractivity contribution in [2.75, 3.05) is 19.8 Å². The zero-order valence-corrected chi connectivity index (χ0v) is 15.0. The van der Waals surface area contributed by atoms with Gasteiger partial charge in [-0.2, -0.15) is 0 Å². The molecule has 1 aromatic heterocycles. The van der Waals surface area contributed by atoms with Crippen LogP contribution < -0.4 is 10.1 Å². The van der Waals surface area contributed by atoms with Crippen molar-refractivity contribution in [3.05, 3.63) is 46.3 Å². The molecule has 0 saturated carbocycles. The smallest absolute Gasteiger partial charge is 0.258 e. The fourth-order valence-corrected chi connectivity index (χ4v) is 3.12. The Morgan fingerprint density at radius 1 is 1.36 bits per heavy atom. The third-order valence-electron chi connectivity index (χ3n) is 4.18. The molecular formula is C18H21ClN2O4. The maximum Gasteiger partial charge on any atom is 0.258 e. The summed E-state index contributed by atoms with van der Waals surface area (Å²) in [7, 11) is 0. The molecule has 0 spiro atoms. The van der Waals surface area contributed by atoms with Gasteiger partial charge in [-0.05, 0) is 37.6 Å². The molecule has 25 heavy (non-hydrogen) atoms. The van der Waals surface area contributed by atoms with E-state index in [0.29, 0.717) is 30.4 Å². The van der Waals surface area contributed by atoms with Gasteiger partial charge in [-0.3, -0.25) is 4.79 Å². The number of aryl methyl sites for hydroxylation is 2. The van der Waals surface area contributed by atoms with E-state index in [4.69, 9.17) is 25.6 Å². The fraction of sp³-hybridized carbons (Fsp3) is 0.444. The molecular weight excluding hydrogens is 344 g/mol. The highest BCUT2D eigenvalue weighted by molar-refractivity contribution is 6.30. The molecule has 7 heteroatoms. The Morgan fingerprint density at radius 3 is 2.92 bits per heavy atom. The van der Waals surface area contributed by atoms with Gasteiger partial charge < -0.3 is 19.3 Å². The number of nitrogens with one attached hydrogen (secondary N) is 1. The number of ether oxygens (including phenoxy) is 2. The maximum absolute atomic E-state index is 12.2. The van der Waals surface area contributed by atoms with Gasteiger partial charge in [0.25, 0.3) is 5.91 Å². The third kappa shape index (κ3) is 4.74. The maximum atomic E-state index is 12.2. The molecule has 6 nitrogen and oxygen atoms in total. The van der Waals surface area contributed by atoms with Crippen LogP contribution in [0.2, 0.25) is 5.02 Å². The lowest BCUT2D eigenvalue weighted by Crippen LogP contribution is -2.42. The lowest BCUT2D eigenvalue weighted by Gasteiger charge is -2.18. The van der Waals surface area contributed by atoms with Crippen LogP contribution in [-0.2, 0) is 16.0 Å². The summed E-state index contributed by atoms with van der Waals surface area (Å²) in [5, 5.41) is 7.51. The highest BCUT2D eigenvalue weighted by Gasteiger charge is 2.30. The van der Waals surface area contributed by atoms with Crippen LogP contribution in [0.5, 0.6) is 5.75 Å². The lowest BCUT2D eigenvalue weighted by atomic mass is 9.98. The average Bonchev–Trinajstić information content (AvgIpc) is 3.16. The summed E-state index contributed by atoms with van der Waals surface area (Å²) < 4.78 is 16.3. The number of amides is 1. The summed E-state index contributed by atoms with van der Waals surface area (Å²) in [6, 6.07) is 7.15. The Kier molecular flexibility index (Phi) is 5.60. The lowest BCUT2D eigenvalue weighted by molar-refractivity contribution is -0.124. The molecule has 1 fully saturated rings. The van der Waals surface area contributed by atoms with Crippen molar-refractivity contribution in [2.45, 2.75) is 26.3 Å². The fourth-order valence-electron chi connectivity index (χ4n) is 2.90. The van der Waals surface area contributed by atoms with Gasteiger partial charge in [0.2, 0.25) is 0 Å².